The third-order valence-electron chi connectivity index (χ3n) is 2.90. The molecular weight excluding hydrogens is 235 g/mol. The van der Waals surface area contributed by atoms with Crippen LogP contribution in [-0.4, -0.2) is 18.4 Å². The van der Waals surface area contributed by atoms with E-state index < -0.39 is 17.4 Å². The molecule has 4 heteroatoms. The van der Waals surface area contributed by atoms with Crippen molar-refractivity contribution in [1.82, 2.24) is 0 Å². The van der Waals surface area contributed by atoms with Crippen LogP contribution in [0.1, 0.15) is 26.3 Å². The number of ether oxygens (including phenoxy) is 1. The first-order valence-corrected chi connectivity index (χ1v) is 5.62. The number of carbonyl (C=O) groups is 2. The maximum absolute atomic E-state index is 15.0. The van der Waals surface area contributed by atoms with E-state index in [1.54, 1.807) is 6.92 Å². The van der Waals surface area contributed by atoms with Crippen molar-refractivity contribution >= 4 is 17.8 Å². The van der Waals surface area contributed by atoms with Crippen LogP contribution in [0, 0.1) is 0 Å². The molecule has 0 amide bonds. The predicted octanol–water partition coefficient (Wildman–Crippen LogP) is 2.40. The van der Waals surface area contributed by atoms with Gasteiger partial charge in [0.15, 0.2) is 5.78 Å². The molecule has 0 fully saturated rings. The number of fused-ring (bicyclic) bond motifs is 1. The Morgan fingerprint density at radius 1 is 1.50 bits per heavy atom. The minimum atomic E-state index is -2.52. The number of rotatable bonds is 3. The summed E-state index contributed by atoms with van der Waals surface area (Å²) in [6, 6.07) is 4.45. The fourth-order valence-corrected chi connectivity index (χ4v) is 2.05. The van der Waals surface area contributed by atoms with E-state index in [2.05, 4.69) is 0 Å². The van der Waals surface area contributed by atoms with Gasteiger partial charge in [-0.1, -0.05) is 24.2 Å². The minimum Gasteiger partial charge on any atom is -0.463 e. The number of esters is 1. The normalized spacial score (nSPS) is 21.9. The number of hydrogen-bond acceptors (Lipinski definition) is 3. The molecule has 0 saturated heterocycles. The molecule has 1 aliphatic carbocycles. The Hall–Kier alpha value is -1.97. The lowest BCUT2D eigenvalue weighted by molar-refractivity contribution is -0.142. The topological polar surface area (TPSA) is 43.4 Å². The van der Waals surface area contributed by atoms with Crippen LogP contribution in [0.15, 0.2) is 29.8 Å². The monoisotopic (exact) mass is 249 g/mol. The Labute approximate surface area is 106 Å². The molecule has 94 valence electrons. The van der Waals surface area contributed by atoms with Gasteiger partial charge in [0, 0.05) is 5.56 Å². The van der Waals surface area contributed by atoms with Crippen LogP contribution in [0.25, 0.3) is 6.08 Å². The third kappa shape index (κ3) is 1.65. The van der Waals surface area contributed by atoms with E-state index in [-0.39, 0.29) is 29.3 Å². The van der Waals surface area contributed by atoms with Crippen LogP contribution in [0.3, 0.4) is 0 Å². The van der Waals surface area contributed by atoms with E-state index in [1.165, 1.54) is 24.3 Å². The summed E-state index contributed by atoms with van der Waals surface area (Å²) < 4.78 is 27.6. The summed E-state index contributed by atoms with van der Waals surface area (Å²) in [6.45, 7) is 2.77. The van der Waals surface area contributed by atoms with Gasteiger partial charge in [-0.15, -0.1) is 0 Å². The zero-order valence-corrected chi connectivity index (χ0v) is 10.1. The molecular formula is C14H13FO3. The average Bonchev–Trinajstić information content (AvgIpc) is 2.66. The molecule has 0 saturated carbocycles. The lowest BCUT2D eigenvalue weighted by Crippen LogP contribution is -2.33. The molecule has 1 aliphatic rings. The van der Waals surface area contributed by atoms with Gasteiger partial charge in [-0.2, -0.15) is 0 Å². The van der Waals surface area contributed by atoms with Crippen molar-refractivity contribution in [3.63, 3.8) is 0 Å². The van der Waals surface area contributed by atoms with Gasteiger partial charge in [0.25, 0.3) is 0 Å². The highest BCUT2D eigenvalue weighted by molar-refractivity contribution is 6.09. The van der Waals surface area contributed by atoms with Crippen molar-refractivity contribution in [3.8, 4) is 0 Å². The molecule has 0 N–H and O–H groups in total. The van der Waals surface area contributed by atoms with E-state index in [0.29, 0.717) is 0 Å². The number of Topliss-reactive ketones (excluding diaryl/α,β-unsaturated/α-hetero) is 1. The molecule has 2 rings (SSSR count). The average molecular weight is 249 g/mol. The Bertz CT molecular complexity index is 594. The van der Waals surface area contributed by atoms with Crippen LogP contribution < -0.4 is 0 Å². The highest BCUT2D eigenvalue weighted by atomic mass is 19.1. The third-order valence-corrected chi connectivity index (χ3v) is 2.90. The summed E-state index contributed by atoms with van der Waals surface area (Å²) >= 11 is 0. The maximum atomic E-state index is 15.0. The minimum absolute atomic E-state index is 0.0375. The number of carbonyl (C=O) groups excluding carboxylic acids is 2. The van der Waals surface area contributed by atoms with Crippen LogP contribution in [0.5, 0.6) is 0 Å². The first-order valence-electron chi connectivity index (χ1n) is 6.12. The van der Waals surface area contributed by atoms with Crippen molar-refractivity contribution in [2.24, 2.45) is 0 Å². The van der Waals surface area contributed by atoms with Gasteiger partial charge in [0.05, 0.1) is 13.6 Å². The molecule has 1 unspecified atom stereocenters. The Morgan fingerprint density at radius 2 is 2.22 bits per heavy atom. The molecule has 0 radical (unpaired) electrons. The van der Waals surface area contributed by atoms with Crippen LogP contribution >= 0.6 is 0 Å². The fourth-order valence-electron chi connectivity index (χ4n) is 2.05. The molecule has 3 nitrogen and oxygen atoms in total. The van der Waals surface area contributed by atoms with Gasteiger partial charge in [-0.25, -0.2) is 9.18 Å². The first kappa shape index (κ1) is 11.1. The van der Waals surface area contributed by atoms with Crippen molar-refractivity contribution in [3.05, 3.63) is 40.9 Å². The summed E-state index contributed by atoms with van der Waals surface area (Å²) in [6.07, 6.45) is 1.23. The lowest BCUT2D eigenvalue weighted by Gasteiger charge is -2.20. The van der Waals surface area contributed by atoms with Crippen molar-refractivity contribution < 1.29 is 20.1 Å². The molecule has 0 heterocycles. The molecule has 0 bridgehead atoms. The maximum Gasteiger partial charge on any atom is 0.338 e. The summed E-state index contributed by atoms with van der Waals surface area (Å²) in [5.74, 6) is -1.66. The summed E-state index contributed by atoms with van der Waals surface area (Å²) in [4.78, 5) is 23.5. The fraction of sp³-hybridized carbons (Fsp3) is 0.286. The summed E-state index contributed by atoms with van der Waals surface area (Å²) in [5, 5.41) is 0. The first-order chi connectivity index (χ1) is 8.92. The molecule has 1 atom stereocenters. The second-order valence-electron chi connectivity index (χ2n) is 3.99. The number of halogens is 1. The second-order valence-corrected chi connectivity index (χ2v) is 3.99. The van der Waals surface area contributed by atoms with Gasteiger partial charge in [-0.3, -0.25) is 4.79 Å². The van der Waals surface area contributed by atoms with Crippen LogP contribution in [-0.2, 0) is 20.0 Å². The number of benzene rings is 1. The molecule has 0 spiro atoms. The smallest absolute Gasteiger partial charge is 0.338 e. The van der Waals surface area contributed by atoms with Crippen molar-refractivity contribution in [1.29, 1.82) is 0 Å². The highest BCUT2D eigenvalue weighted by Gasteiger charge is 2.49. The van der Waals surface area contributed by atoms with E-state index in [0.717, 1.165) is 6.92 Å². The predicted molar refractivity (Wildman–Crippen MR) is 64.5 cm³/mol. The van der Waals surface area contributed by atoms with Gasteiger partial charge in [0.2, 0.25) is 5.67 Å². The number of ketones is 1. The zero-order valence-electron chi connectivity index (χ0n) is 11.1. The van der Waals surface area contributed by atoms with E-state index in [1.807, 2.05) is 0 Å². The van der Waals surface area contributed by atoms with Crippen LogP contribution in [0.2, 0.25) is 0 Å². The molecule has 0 aromatic heterocycles. The van der Waals surface area contributed by atoms with Gasteiger partial charge < -0.3 is 4.74 Å². The van der Waals surface area contributed by atoms with Crippen molar-refractivity contribution in [2.45, 2.75) is 19.5 Å². The summed E-state index contributed by atoms with van der Waals surface area (Å²) in [5.41, 5.74) is -2.58. The van der Waals surface area contributed by atoms with Crippen LogP contribution in [0.4, 0.5) is 4.39 Å². The standard InChI is InChI=1S/C14H13FO3/c1-3-18-13(17)12-8-10-6-4-5-7-11(10)14(12,15)9(2)16/h4-8H,3H2,1-2H3/i6D. The quantitative estimate of drug-likeness (QED) is 0.772. The van der Waals surface area contributed by atoms with E-state index in [9.17, 15) is 9.59 Å². The number of alkyl halides is 1. The van der Waals surface area contributed by atoms with Gasteiger partial charge in [0.1, 0.15) is 0 Å². The largest absolute Gasteiger partial charge is 0.463 e. The molecule has 0 aliphatic heterocycles. The Balaban J connectivity index is 2.63. The Kier molecular flexibility index (Phi) is 2.70. The SMILES string of the molecule is [2H]c1cccc2c1C=C(C(=O)OCC)C2(F)C(C)=O. The Morgan fingerprint density at radius 3 is 2.83 bits per heavy atom. The number of hydrogen-bond donors (Lipinski definition) is 0. The van der Waals surface area contributed by atoms with E-state index >= 15 is 4.39 Å². The molecule has 18 heavy (non-hydrogen) atoms. The lowest BCUT2D eigenvalue weighted by atomic mass is 9.88. The molecule has 1 aromatic carbocycles. The summed E-state index contributed by atoms with van der Waals surface area (Å²) in [7, 11) is 0. The molecule has 1 aromatic rings. The van der Waals surface area contributed by atoms with Crippen molar-refractivity contribution in [2.75, 3.05) is 6.61 Å². The highest BCUT2D eigenvalue weighted by Crippen LogP contribution is 2.44. The zero-order chi connectivity index (χ0) is 14.2. The van der Waals surface area contributed by atoms with Gasteiger partial charge in [-0.05, 0) is 25.5 Å². The van der Waals surface area contributed by atoms with E-state index in [4.69, 9.17) is 6.11 Å². The second kappa shape index (κ2) is 4.37. The van der Waals surface area contributed by atoms with Gasteiger partial charge >= 0.3 is 5.97 Å².